The number of hydrogen-bond acceptors (Lipinski definition) is 3. The Balaban J connectivity index is 3.33. The fourth-order valence-electron chi connectivity index (χ4n) is 0.831. The third-order valence-corrected chi connectivity index (χ3v) is 1.78. The second kappa shape index (κ2) is 3.62. The third kappa shape index (κ3) is 1.72. The molecule has 0 atom stereocenters. The van der Waals surface area contributed by atoms with Crippen molar-refractivity contribution in [3.63, 3.8) is 0 Å². The predicted molar refractivity (Wildman–Crippen MR) is 44.4 cm³/mol. The highest BCUT2D eigenvalue weighted by molar-refractivity contribution is 6.33. The molecule has 70 valence electrons. The largest absolute Gasteiger partial charge is 0.505 e. The monoisotopic (exact) mass is 204 g/mol. The fourth-order valence-corrected chi connectivity index (χ4v) is 1.05. The quantitative estimate of drug-likeness (QED) is 0.712. The number of methoxy groups -OCH3 is 1. The van der Waals surface area contributed by atoms with Crippen LogP contribution in [0.3, 0.4) is 0 Å². The van der Waals surface area contributed by atoms with Crippen LogP contribution in [0.25, 0.3) is 0 Å². The van der Waals surface area contributed by atoms with Gasteiger partial charge in [0.05, 0.1) is 12.1 Å². The SMILES string of the molecule is COC(=O)c1c(Cl)ccc(O)c1F. The standard InChI is InChI=1S/C8H6ClFO3/c1-13-8(12)6-4(9)2-3-5(11)7(6)10/h2-3,11H,1H3. The Morgan fingerprint density at radius 3 is 2.77 bits per heavy atom. The smallest absolute Gasteiger partial charge is 0.342 e. The lowest BCUT2D eigenvalue weighted by molar-refractivity contribution is 0.0595. The van der Waals surface area contributed by atoms with Crippen LogP contribution in [0.5, 0.6) is 5.75 Å². The molecule has 0 saturated carbocycles. The van der Waals surface area contributed by atoms with Crippen molar-refractivity contribution < 1.29 is 19.0 Å². The Kier molecular flexibility index (Phi) is 2.72. The zero-order valence-corrected chi connectivity index (χ0v) is 7.43. The maximum Gasteiger partial charge on any atom is 0.342 e. The molecule has 0 aliphatic heterocycles. The Bertz CT molecular complexity index is 351. The summed E-state index contributed by atoms with van der Waals surface area (Å²) in [6, 6.07) is 2.27. The van der Waals surface area contributed by atoms with E-state index in [-0.39, 0.29) is 5.02 Å². The summed E-state index contributed by atoms with van der Waals surface area (Å²) < 4.78 is 17.3. The molecular formula is C8H6ClFO3. The van der Waals surface area contributed by atoms with Crippen molar-refractivity contribution in [2.45, 2.75) is 0 Å². The minimum absolute atomic E-state index is 0.0952. The van der Waals surface area contributed by atoms with E-state index in [0.29, 0.717) is 0 Å². The van der Waals surface area contributed by atoms with Gasteiger partial charge in [-0.25, -0.2) is 9.18 Å². The summed E-state index contributed by atoms with van der Waals surface area (Å²) in [5.74, 6) is -2.62. The maximum atomic E-state index is 13.1. The van der Waals surface area contributed by atoms with E-state index in [1.54, 1.807) is 0 Å². The number of aromatic hydroxyl groups is 1. The van der Waals surface area contributed by atoms with Gasteiger partial charge in [0.2, 0.25) is 0 Å². The summed E-state index contributed by atoms with van der Waals surface area (Å²) in [5.41, 5.74) is -0.454. The van der Waals surface area contributed by atoms with E-state index >= 15 is 0 Å². The summed E-state index contributed by atoms with van der Waals surface area (Å²) >= 11 is 5.52. The molecule has 0 saturated heterocycles. The van der Waals surface area contributed by atoms with Crippen LogP contribution in [-0.2, 0) is 4.74 Å². The first kappa shape index (κ1) is 9.80. The topological polar surface area (TPSA) is 46.5 Å². The normalized spacial score (nSPS) is 9.77. The van der Waals surface area contributed by atoms with Gasteiger partial charge in [-0.2, -0.15) is 0 Å². The lowest BCUT2D eigenvalue weighted by Gasteiger charge is -2.04. The van der Waals surface area contributed by atoms with Crippen LogP contribution >= 0.6 is 11.6 Å². The van der Waals surface area contributed by atoms with Crippen molar-refractivity contribution in [2.75, 3.05) is 7.11 Å². The average Bonchev–Trinajstić information content (AvgIpc) is 2.12. The zero-order chi connectivity index (χ0) is 10.0. The lowest BCUT2D eigenvalue weighted by atomic mass is 10.2. The van der Waals surface area contributed by atoms with Gasteiger partial charge in [0.15, 0.2) is 11.6 Å². The molecule has 13 heavy (non-hydrogen) atoms. The Hall–Kier alpha value is -1.29. The highest BCUT2D eigenvalue weighted by atomic mass is 35.5. The van der Waals surface area contributed by atoms with Crippen molar-refractivity contribution in [3.05, 3.63) is 28.5 Å². The molecule has 1 rings (SSSR count). The second-order valence-corrected chi connectivity index (χ2v) is 2.65. The molecule has 0 aromatic heterocycles. The van der Waals surface area contributed by atoms with Crippen molar-refractivity contribution in [1.29, 1.82) is 0 Å². The molecule has 1 aromatic rings. The molecule has 0 heterocycles. The van der Waals surface area contributed by atoms with Crippen LogP contribution in [0.15, 0.2) is 12.1 Å². The first-order chi connectivity index (χ1) is 6.07. The van der Waals surface area contributed by atoms with Gasteiger partial charge in [-0.15, -0.1) is 0 Å². The van der Waals surface area contributed by atoms with Crippen molar-refractivity contribution in [2.24, 2.45) is 0 Å². The summed E-state index contributed by atoms with van der Waals surface area (Å²) in [4.78, 5) is 10.9. The fraction of sp³-hybridized carbons (Fsp3) is 0.125. The Labute approximate surface area is 78.7 Å². The predicted octanol–water partition coefficient (Wildman–Crippen LogP) is 1.97. The molecule has 1 N–H and O–H groups in total. The number of benzene rings is 1. The number of halogens is 2. The number of carbonyl (C=O) groups is 1. The van der Waals surface area contributed by atoms with Gasteiger partial charge in [-0.05, 0) is 12.1 Å². The zero-order valence-electron chi connectivity index (χ0n) is 6.67. The summed E-state index contributed by atoms with van der Waals surface area (Å²) in [7, 11) is 1.10. The average molecular weight is 205 g/mol. The highest BCUT2D eigenvalue weighted by Crippen LogP contribution is 2.26. The molecule has 0 spiro atoms. The van der Waals surface area contributed by atoms with Gasteiger partial charge in [0, 0.05) is 0 Å². The van der Waals surface area contributed by atoms with Gasteiger partial charge >= 0.3 is 5.97 Å². The number of ether oxygens (including phenoxy) is 1. The van der Waals surface area contributed by atoms with E-state index in [2.05, 4.69) is 4.74 Å². The molecule has 0 unspecified atom stereocenters. The number of carbonyl (C=O) groups excluding carboxylic acids is 1. The van der Waals surface area contributed by atoms with Crippen LogP contribution in [0, 0.1) is 5.82 Å². The lowest BCUT2D eigenvalue weighted by Crippen LogP contribution is -2.05. The molecular weight excluding hydrogens is 199 g/mol. The minimum atomic E-state index is -1.07. The summed E-state index contributed by atoms with van der Waals surface area (Å²) in [6.45, 7) is 0. The highest BCUT2D eigenvalue weighted by Gasteiger charge is 2.19. The third-order valence-electron chi connectivity index (χ3n) is 1.46. The molecule has 0 radical (unpaired) electrons. The van der Waals surface area contributed by atoms with Crippen LogP contribution in [-0.4, -0.2) is 18.2 Å². The number of phenols is 1. The van der Waals surface area contributed by atoms with E-state index in [4.69, 9.17) is 16.7 Å². The van der Waals surface area contributed by atoms with Crippen molar-refractivity contribution in [1.82, 2.24) is 0 Å². The number of esters is 1. The van der Waals surface area contributed by atoms with Gasteiger partial charge in [-0.1, -0.05) is 11.6 Å². The molecule has 0 bridgehead atoms. The molecule has 5 heteroatoms. The number of phenolic OH excluding ortho intramolecular Hbond substituents is 1. The second-order valence-electron chi connectivity index (χ2n) is 2.25. The number of rotatable bonds is 1. The van der Waals surface area contributed by atoms with E-state index in [1.807, 2.05) is 0 Å². The van der Waals surface area contributed by atoms with E-state index in [0.717, 1.165) is 13.2 Å². The molecule has 0 aliphatic carbocycles. The van der Waals surface area contributed by atoms with E-state index in [1.165, 1.54) is 6.07 Å². The first-order valence-corrected chi connectivity index (χ1v) is 3.71. The summed E-state index contributed by atoms with van der Waals surface area (Å²) in [5, 5.41) is 8.83. The van der Waals surface area contributed by atoms with Gasteiger partial charge < -0.3 is 9.84 Å². The van der Waals surface area contributed by atoms with Crippen molar-refractivity contribution >= 4 is 17.6 Å². The Morgan fingerprint density at radius 2 is 2.23 bits per heavy atom. The molecule has 0 aliphatic rings. The number of hydrogen-bond donors (Lipinski definition) is 1. The van der Waals surface area contributed by atoms with Crippen LogP contribution in [0.2, 0.25) is 5.02 Å². The van der Waals surface area contributed by atoms with Crippen LogP contribution in [0.4, 0.5) is 4.39 Å². The molecule has 0 amide bonds. The van der Waals surface area contributed by atoms with Crippen molar-refractivity contribution in [3.8, 4) is 5.75 Å². The van der Waals surface area contributed by atoms with E-state index < -0.39 is 23.1 Å². The van der Waals surface area contributed by atoms with Crippen LogP contribution in [0.1, 0.15) is 10.4 Å². The maximum absolute atomic E-state index is 13.1. The minimum Gasteiger partial charge on any atom is -0.505 e. The first-order valence-electron chi connectivity index (χ1n) is 3.33. The van der Waals surface area contributed by atoms with Gasteiger partial charge in [0.25, 0.3) is 0 Å². The molecule has 0 fully saturated rings. The molecule has 3 nitrogen and oxygen atoms in total. The molecule has 1 aromatic carbocycles. The van der Waals surface area contributed by atoms with Crippen LogP contribution < -0.4 is 0 Å². The van der Waals surface area contributed by atoms with Gasteiger partial charge in [-0.3, -0.25) is 0 Å². The Morgan fingerprint density at radius 1 is 1.62 bits per heavy atom. The van der Waals surface area contributed by atoms with Gasteiger partial charge in [0.1, 0.15) is 5.56 Å². The van der Waals surface area contributed by atoms with E-state index in [9.17, 15) is 9.18 Å². The summed E-state index contributed by atoms with van der Waals surface area (Å²) in [6.07, 6.45) is 0.